The third-order valence-electron chi connectivity index (χ3n) is 3.57. The molecular formula is C16H18N2OS2. The van der Waals surface area contributed by atoms with Gasteiger partial charge in [0.05, 0.1) is 10.6 Å². The van der Waals surface area contributed by atoms with Crippen LogP contribution >= 0.6 is 23.6 Å². The quantitative estimate of drug-likeness (QED) is 0.738. The first-order valence-corrected chi connectivity index (χ1v) is 7.60. The number of carbonyl (C=O) groups is 1. The summed E-state index contributed by atoms with van der Waals surface area (Å²) in [5.41, 5.74) is 2.94. The lowest BCUT2D eigenvalue weighted by Crippen LogP contribution is -2.41. The van der Waals surface area contributed by atoms with Gasteiger partial charge in [-0.15, -0.1) is 11.3 Å². The van der Waals surface area contributed by atoms with Gasteiger partial charge in [-0.3, -0.25) is 9.69 Å². The van der Waals surface area contributed by atoms with E-state index in [4.69, 9.17) is 12.2 Å². The van der Waals surface area contributed by atoms with Crippen LogP contribution in [0.2, 0.25) is 0 Å². The number of amides is 1. The number of aryl methyl sites for hydroxylation is 2. The summed E-state index contributed by atoms with van der Waals surface area (Å²) in [6.45, 7) is 6.02. The molecule has 1 amide bonds. The number of carbonyl (C=O) groups excluding carboxylic acids is 1. The molecule has 0 atom stereocenters. The standard InChI is InChI=1S/C15H14N2OS2.CH4/c1-8-4-5-16-12(6-8)17-13(19)7-11-14(15(17)18)9(2)10(3)20-11;/h4-6H,7H2,1-3H3;1H4. The summed E-state index contributed by atoms with van der Waals surface area (Å²) >= 11 is 7.10. The Morgan fingerprint density at radius 1 is 1.33 bits per heavy atom. The average Bonchev–Trinajstić information content (AvgIpc) is 2.65. The average molecular weight is 318 g/mol. The van der Waals surface area contributed by atoms with Gasteiger partial charge in [-0.2, -0.15) is 0 Å². The molecule has 5 heteroatoms. The van der Waals surface area contributed by atoms with Gasteiger partial charge in [0.2, 0.25) is 0 Å². The predicted molar refractivity (Wildman–Crippen MR) is 92.6 cm³/mol. The van der Waals surface area contributed by atoms with Crippen molar-refractivity contribution in [2.45, 2.75) is 34.6 Å². The highest BCUT2D eigenvalue weighted by Crippen LogP contribution is 2.34. The number of anilines is 1. The molecule has 0 N–H and O–H groups in total. The maximum absolute atomic E-state index is 12.8. The molecular weight excluding hydrogens is 300 g/mol. The van der Waals surface area contributed by atoms with Crippen LogP contribution in [0.15, 0.2) is 18.3 Å². The number of aromatic nitrogens is 1. The Kier molecular flexibility index (Phi) is 4.25. The highest BCUT2D eigenvalue weighted by Gasteiger charge is 2.33. The van der Waals surface area contributed by atoms with Crippen LogP contribution in [0, 0.1) is 20.8 Å². The van der Waals surface area contributed by atoms with Crippen molar-refractivity contribution in [3.8, 4) is 0 Å². The second-order valence-electron chi connectivity index (χ2n) is 4.98. The molecule has 110 valence electrons. The monoisotopic (exact) mass is 318 g/mol. The molecule has 0 radical (unpaired) electrons. The second kappa shape index (κ2) is 5.66. The molecule has 1 aliphatic rings. The SMILES string of the molecule is C.Cc1ccnc(N2C(=O)c3c(sc(C)c3C)CC2=S)c1. The molecule has 3 heterocycles. The highest BCUT2D eigenvalue weighted by atomic mass is 32.1. The number of nitrogens with zero attached hydrogens (tertiary/aromatic N) is 2. The number of hydrogen-bond donors (Lipinski definition) is 0. The van der Waals surface area contributed by atoms with Crippen LogP contribution in [0.5, 0.6) is 0 Å². The third-order valence-corrected chi connectivity index (χ3v) is 5.10. The first-order valence-electron chi connectivity index (χ1n) is 6.38. The number of rotatable bonds is 1. The van der Waals surface area contributed by atoms with Gasteiger partial charge in [0.25, 0.3) is 5.91 Å². The van der Waals surface area contributed by atoms with E-state index < -0.39 is 0 Å². The fourth-order valence-corrected chi connectivity index (χ4v) is 4.01. The fourth-order valence-electron chi connectivity index (χ4n) is 2.42. The van der Waals surface area contributed by atoms with Gasteiger partial charge >= 0.3 is 0 Å². The molecule has 0 unspecified atom stereocenters. The third kappa shape index (κ3) is 2.51. The largest absolute Gasteiger partial charge is 0.268 e. The van der Waals surface area contributed by atoms with Gasteiger partial charge < -0.3 is 0 Å². The van der Waals surface area contributed by atoms with Gasteiger partial charge in [-0.25, -0.2) is 4.98 Å². The van der Waals surface area contributed by atoms with Gasteiger partial charge in [0, 0.05) is 22.4 Å². The normalized spacial score (nSPS) is 14.0. The van der Waals surface area contributed by atoms with Crippen LogP contribution in [0.1, 0.15) is 38.7 Å². The Labute approximate surface area is 134 Å². The Hall–Kier alpha value is -1.59. The van der Waals surface area contributed by atoms with E-state index in [0.717, 1.165) is 21.6 Å². The molecule has 3 rings (SSSR count). The summed E-state index contributed by atoms with van der Waals surface area (Å²) in [5.74, 6) is 0.574. The summed E-state index contributed by atoms with van der Waals surface area (Å²) < 4.78 is 0. The number of fused-ring (bicyclic) bond motifs is 1. The topological polar surface area (TPSA) is 33.2 Å². The molecule has 0 aliphatic carbocycles. The molecule has 1 aliphatic heterocycles. The van der Waals surface area contributed by atoms with Crippen molar-refractivity contribution in [1.82, 2.24) is 4.98 Å². The van der Waals surface area contributed by atoms with Crippen LogP contribution in [-0.2, 0) is 6.42 Å². The van der Waals surface area contributed by atoms with Crippen LogP contribution in [0.4, 0.5) is 5.82 Å². The van der Waals surface area contributed by atoms with Crippen LogP contribution in [0.25, 0.3) is 0 Å². The summed E-state index contributed by atoms with van der Waals surface area (Å²) in [4.78, 5) is 21.5. The molecule has 2 aromatic heterocycles. The van der Waals surface area contributed by atoms with Crippen LogP contribution in [-0.4, -0.2) is 15.9 Å². The van der Waals surface area contributed by atoms with E-state index in [1.54, 1.807) is 22.4 Å². The molecule has 0 bridgehead atoms. The minimum atomic E-state index is -0.0452. The van der Waals surface area contributed by atoms with E-state index in [1.165, 1.54) is 4.88 Å². The number of thiocarbonyl (C=S) groups is 1. The van der Waals surface area contributed by atoms with Crippen molar-refractivity contribution in [2.24, 2.45) is 0 Å². The summed E-state index contributed by atoms with van der Waals surface area (Å²) in [7, 11) is 0. The minimum Gasteiger partial charge on any atom is -0.268 e. The molecule has 2 aromatic rings. The van der Waals surface area contributed by atoms with E-state index >= 15 is 0 Å². The van der Waals surface area contributed by atoms with Crippen molar-refractivity contribution in [3.63, 3.8) is 0 Å². The predicted octanol–water partition coefficient (Wildman–Crippen LogP) is 4.23. The zero-order valence-corrected chi connectivity index (χ0v) is 13.2. The van der Waals surface area contributed by atoms with E-state index in [1.807, 2.05) is 32.9 Å². The van der Waals surface area contributed by atoms with Crippen molar-refractivity contribution in [3.05, 3.63) is 44.8 Å². The Morgan fingerprint density at radius 3 is 2.71 bits per heavy atom. The minimum absolute atomic E-state index is 0. The smallest absolute Gasteiger partial charge is 0.265 e. The summed E-state index contributed by atoms with van der Waals surface area (Å²) in [6.07, 6.45) is 2.35. The zero-order chi connectivity index (χ0) is 14.4. The second-order valence-corrected chi connectivity index (χ2v) is 6.76. The van der Waals surface area contributed by atoms with Crippen LogP contribution < -0.4 is 4.90 Å². The molecule has 0 saturated carbocycles. The first kappa shape index (κ1) is 15.8. The Bertz CT molecular complexity index is 734. The lowest BCUT2D eigenvalue weighted by atomic mass is 10.0. The first-order chi connectivity index (χ1) is 9.49. The van der Waals surface area contributed by atoms with Gasteiger partial charge in [0.1, 0.15) is 5.82 Å². The highest BCUT2D eigenvalue weighted by molar-refractivity contribution is 7.80. The molecule has 0 spiro atoms. The van der Waals surface area contributed by atoms with Crippen molar-refractivity contribution in [1.29, 1.82) is 0 Å². The Morgan fingerprint density at radius 2 is 2.05 bits per heavy atom. The molecule has 0 aromatic carbocycles. The van der Waals surface area contributed by atoms with Crippen molar-refractivity contribution >= 4 is 40.3 Å². The van der Waals surface area contributed by atoms with E-state index in [2.05, 4.69) is 4.98 Å². The molecule has 21 heavy (non-hydrogen) atoms. The summed E-state index contributed by atoms with van der Waals surface area (Å²) in [5, 5.41) is 0. The van der Waals surface area contributed by atoms with Crippen LogP contribution in [0.3, 0.4) is 0 Å². The number of thiophene rings is 1. The zero-order valence-electron chi connectivity index (χ0n) is 11.6. The molecule has 0 saturated heterocycles. The fraction of sp³-hybridized carbons (Fsp3) is 0.312. The Balaban J connectivity index is 0.00000161. The van der Waals surface area contributed by atoms with Gasteiger partial charge in [-0.05, 0) is 44.0 Å². The molecule has 3 nitrogen and oxygen atoms in total. The lowest BCUT2D eigenvalue weighted by molar-refractivity contribution is 0.0999. The lowest BCUT2D eigenvalue weighted by Gasteiger charge is -2.27. The maximum Gasteiger partial charge on any atom is 0.265 e. The maximum atomic E-state index is 12.8. The van der Waals surface area contributed by atoms with E-state index in [-0.39, 0.29) is 13.3 Å². The summed E-state index contributed by atoms with van der Waals surface area (Å²) in [6, 6.07) is 3.80. The van der Waals surface area contributed by atoms with Gasteiger partial charge in [-0.1, -0.05) is 19.6 Å². The number of hydrogen-bond acceptors (Lipinski definition) is 4. The van der Waals surface area contributed by atoms with Crippen molar-refractivity contribution < 1.29 is 4.79 Å². The van der Waals surface area contributed by atoms with Gasteiger partial charge in [0.15, 0.2) is 0 Å². The van der Waals surface area contributed by atoms with E-state index in [0.29, 0.717) is 17.2 Å². The van der Waals surface area contributed by atoms with E-state index in [9.17, 15) is 4.79 Å². The number of pyridine rings is 1. The van der Waals surface area contributed by atoms with Crippen molar-refractivity contribution in [2.75, 3.05) is 4.90 Å². The molecule has 0 fully saturated rings.